The summed E-state index contributed by atoms with van der Waals surface area (Å²) in [6, 6.07) is 4.19. The van der Waals surface area contributed by atoms with Gasteiger partial charge < -0.3 is 16.3 Å². The summed E-state index contributed by atoms with van der Waals surface area (Å²) in [7, 11) is 0. The van der Waals surface area contributed by atoms with Gasteiger partial charge in [-0.1, -0.05) is 24.1 Å². The molecule has 5 nitrogen and oxygen atoms in total. The van der Waals surface area contributed by atoms with Crippen molar-refractivity contribution in [3.05, 3.63) is 29.6 Å². The molecule has 0 saturated heterocycles. The third kappa shape index (κ3) is 2.83. The number of nitrogens with one attached hydrogen (secondary N) is 1. The molecule has 0 aromatic heterocycles. The normalized spacial score (nSPS) is 16.6. The SMILES string of the molecule is N/C(=N/O)c1c(F)cccc1NC(=O)C1CCCC1. The Balaban J connectivity index is 2.24. The number of amides is 1. The van der Waals surface area contributed by atoms with E-state index in [2.05, 4.69) is 10.5 Å². The van der Waals surface area contributed by atoms with Crippen LogP contribution < -0.4 is 11.1 Å². The van der Waals surface area contributed by atoms with Gasteiger partial charge in [0.1, 0.15) is 5.82 Å². The van der Waals surface area contributed by atoms with Gasteiger partial charge in [0.15, 0.2) is 5.84 Å². The summed E-state index contributed by atoms with van der Waals surface area (Å²) in [4.78, 5) is 12.0. The minimum absolute atomic E-state index is 0.0385. The molecule has 1 amide bonds. The fourth-order valence-electron chi connectivity index (χ4n) is 2.36. The summed E-state index contributed by atoms with van der Waals surface area (Å²) < 4.78 is 13.7. The Bertz CT molecular complexity index is 511. The Morgan fingerprint density at radius 3 is 2.74 bits per heavy atom. The lowest BCUT2D eigenvalue weighted by Crippen LogP contribution is -2.24. The van der Waals surface area contributed by atoms with Gasteiger partial charge >= 0.3 is 0 Å². The lowest BCUT2D eigenvalue weighted by atomic mass is 10.1. The number of hydrogen-bond donors (Lipinski definition) is 3. The number of carbonyl (C=O) groups is 1. The largest absolute Gasteiger partial charge is 0.409 e. The standard InChI is InChI=1S/C13H16FN3O2/c14-9-6-3-7-10(11(9)12(15)17-19)16-13(18)8-4-1-2-5-8/h3,6-8,19H,1-2,4-5H2,(H2,15,17)(H,16,18). The second-order valence-electron chi connectivity index (χ2n) is 4.62. The Labute approximate surface area is 110 Å². The molecule has 0 atom stereocenters. The Morgan fingerprint density at radius 2 is 2.11 bits per heavy atom. The van der Waals surface area contributed by atoms with Crippen molar-refractivity contribution >= 4 is 17.4 Å². The molecule has 1 aliphatic carbocycles. The van der Waals surface area contributed by atoms with Gasteiger partial charge in [0.05, 0.1) is 11.3 Å². The maximum absolute atomic E-state index is 13.7. The number of benzene rings is 1. The molecule has 2 rings (SSSR count). The molecule has 102 valence electrons. The van der Waals surface area contributed by atoms with Crippen LogP contribution in [0.1, 0.15) is 31.2 Å². The Morgan fingerprint density at radius 1 is 1.42 bits per heavy atom. The highest BCUT2D eigenvalue weighted by atomic mass is 19.1. The molecule has 1 aromatic carbocycles. The van der Waals surface area contributed by atoms with Crippen LogP contribution >= 0.6 is 0 Å². The van der Waals surface area contributed by atoms with Crippen LogP contribution in [0.2, 0.25) is 0 Å². The van der Waals surface area contributed by atoms with Gasteiger partial charge in [0.2, 0.25) is 5.91 Å². The summed E-state index contributed by atoms with van der Waals surface area (Å²) in [5, 5.41) is 14.1. The van der Waals surface area contributed by atoms with Crippen molar-refractivity contribution in [1.82, 2.24) is 0 Å². The summed E-state index contributed by atoms with van der Waals surface area (Å²) in [5.41, 5.74) is 5.58. The maximum Gasteiger partial charge on any atom is 0.227 e. The van der Waals surface area contributed by atoms with E-state index >= 15 is 0 Å². The molecule has 0 radical (unpaired) electrons. The van der Waals surface area contributed by atoms with Gasteiger partial charge in [-0.3, -0.25) is 4.79 Å². The third-order valence-corrected chi connectivity index (χ3v) is 3.36. The number of halogens is 1. The van der Waals surface area contributed by atoms with Gasteiger partial charge in [0, 0.05) is 5.92 Å². The van der Waals surface area contributed by atoms with Crippen LogP contribution in [0.25, 0.3) is 0 Å². The predicted molar refractivity (Wildman–Crippen MR) is 69.5 cm³/mol. The van der Waals surface area contributed by atoms with Crippen LogP contribution in [0, 0.1) is 11.7 Å². The van der Waals surface area contributed by atoms with Gasteiger partial charge in [-0.05, 0) is 25.0 Å². The zero-order chi connectivity index (χ0) is 13.8. The number of amidine groups is 1. The predicted octanol–water partition coefficient (Wildman–Crippen LogP) is 2.05. The van der Waals surface area contributed by atoms with Gasteiger partial charge in [-0.25, -0.2) is 4.39 Å². The summed E-state index contributed by atoms with van der Waals surface area (Å²) in [5.74, 6) is -1.18. The number of hydrogen-bond acceptors (Lipinski definition) is 3. The molecular formula is C13H16FN3O2. The van der Waals surface area contributed by atoms with E-state index in [9.17, 15) is 9.18 Å². The topological polar surface area (TPSA) is 87.7 Å². The Kier molecular flexibility index (Phi) is 3.99. The fraction of sp³-hybridized carbons (Fsp3) is 0.385. The van der Waals surface area contributed by atoms with E-state index in [4.69, 9.17) is 10.9 Å². The lowest BCUT2D eigenvalue weighted by molar-refractivity contribution is -0.119. The van der Waals surface area contributed by atoms with Crippen LogP contribution in [0.4, 0.5) is 10.1 Å². The minimum atomic E-state index is -0.639. The Hall–Kier alpha value is -2.11. The van der Waals surface area contributed by atoms with Crippen LogP contribution in [-0.2, 0) is 4.79 Å². The van der Waals surface area contributed by atoms with Crippen LogP contribution in [-0.4, -0.2) is 17.0 Å². The van der Waals surface area contributed by atoms with E-state index in [0.29, 0.717) is 0 Å². The van der Waals surface area contributed by atoms with E-state index in [-0.39, 0.29) is 28.9 Å². The number of oxime groups is 1. The number of carbonyl (C=O) groups excluding carboxylic acids is 1. The molecule has 4 N–H and O–H groups in total. The van der Waals surface area contributed by atoms with Crippen molar-refractivity contribution in [3.63, 3.8) is 0 Å². The van der Waals surface area contributed by atoms with E-state index in [1.54, 1.807) is 0 Å². The van der Waals surface area contributed by atoms with Crippen molar-refractivity contribution in [2.24, 2.45) is 16.8 Å². The van der Waals surface area contributed by atoms with E-state index in [1.165, 1.54) is 18.2 Å². The molecule has 0 aliphatic heterocycles. The van der Waals surface area contributed by atoms with Crippen LogP contribution in [0.15, 0.2) is 23.4 Å². The van der Waals surface area contributed by atoms with E-state index < -0.39 is 5.82 Å². The average Bonchev–Trinajstić information content (AvgIpc) is 2.92. The van der Waals surface area contributed by atoms with Crippen molar-refractivity contribution in [2.75, 3.05) is 5.32 Å². The lowest BCUT2D eigenvalue weighted by Gasteiger charge is -2.13. The van der Waals surface area contributed by atoms with E-state index in [0.717, 1.165) is 25.7 Å². The first kappa shape index (κ1) is 13.3. The molecule has 1 aromatic rings. The maximum atomic E-state index is 13.7. The number of anilines is 1. The molecule has 19 heavy (non-hydrogen) atoms. The number of rotatable bonds is 3. The highest BCUT2D eigenvalue weighted by Crippen LogP contribution is 2.27. The second kappa shape index (κ2) is 5.69. The zero-order valence-corrected chi connectivity index (χ0v) is 10.4. The third-order valence-electron chi connectivity index (χ3n) is 3.36. The molecule has 0 heterocycles. The van der Waals surface area contributed by atoms with Gasteiger partial charge in [-0.2, -0.15) is 0 Å². The minimum Gasteiger partial charge on any atom is -0.409 e. The van der Waals surface area contributed by atoms with Crippen molar-refractivity contribution in [2.45, 2.75) is 25.7 Å². The van der Waals surface area contributed by atoms with Crippen LogP contribution in [0.5, 0.6) is 0 Å². The molecule has 6 heteroatoms. The van der Waals surface area contributed by atoms with Crippen molar-refractivity contribution in [1.29, 1.82) is 0 Å². The number of nitrogens with zero attached hydrogens (tertiary/aromatic N) is 1. The molecule has 1 fully saturated rings. The molecule has 1 saturated carbocycles. The molecule has 0 spiro atoms. The average molecular weight is 265 g/mol. The molecule has 1 aliphatic rings. The highest BCUT2D eigenvalue weighted by Gasteiger charge is 2.24. The molecule has 0 unspecified atom stereocenters. The van der Waals surface area contributed by atoms with Crippen molar-refractivity contribution < 1.29 is 14.4 Å². The first-order valence-electron chi connectivity index (χ1n) is 6.20. The summed E-state index contributed by atoms with van der Waals surface area (Å²) in [6.45, 7) is 0. The highest BCUT2D eigenvalue weighted by molar-refractivity contribution is 6.06. The zero-order valence-electron chi connectivity index (χ0n) is 10.4. The molecular weight excluding hydrogens is 249 g/mol. The second-order valence-corrected chi connectivity index (χ2v) is 4.62. The van der Waals surface area contributed by atoms with Crippen LogP contribution in [0.3, 0.4) is 0 Å². The smallest absolute Gasteiger partial charge is 0.227 e. The first-order valence-corrected chi connectivity index (χ1v) is 6.20. The van der Waals surface area contributed by atoms with Gasteiger partial charge in [-0.15, -0.1) is 0 Å². The monoisotopic (exact) mass is 265 g/mol. The van der Waals surface area contributed by atoms with Gasteiger partial charge in [0.25, 0.3) is 0 Å². The summed E-state index contributed by atoms with van der Waals surface area (Å²) >= 11 is 0. The number of nitrogens with two attached hydrogens (primary N) is 1. The van der Waals surface area contributed by atoms with E-state index in [1.807, 2.05) is 0 Å². The summed E-state index contributed by atoms with van der Waals surface area (Å²) in [6.07, 6.45) is 3.77. The van der Waals surface area contributed by atoms with Crippen molar-refractivity contribution in [3.8, 4) is 0 Å². The molecule has 0 bridgehead atoms. The fourth-order valence-corrected chi connectivity index (χ4v) is 2.36. The first-order chi connectivity index (χ1) is 9.13. The quantitative estimate of drug-likeness (QED) is 0.338.